The Labute approximate surface area is 118 Å². The van der Waals surface area contributed by atoms with Gasteiger partial charge >= 0.3 is 0 Å². The minimum atomic E-state index is -0.191. The number of hydrogen-bond donors (Lipinski definition) is 1. The number of hydrogen-bond acceptors (Lipinski definition) is 2. The molecular formula is C12H15Br2NO2. The van der Waals surface area contributed by atoms with Crippen LogP contribution in [0.4, 0.5) is 5.69 Å². The number of benzene rings is 1. The Balaban J connectivity index is 2.76. The first kappa shape index (κ1) is 14.5. The van der Waals surface area contributed by atoms with E-state index in [9.17, 15) is 4.79 Å². The fourth-order valence-corrected chi connectivity index (χ4v) is 1.91. The summed E-state index contributed by atoms with van der Waals surface area (Å²) in [5, 5.41) is 2.84. The Hall–Kier alpha value is -0.550. The third-order valence-corrected chi connectivity index (χ3v) is 4.35. The summed E-state index contributed by atoms with van der Waals surface area (Å²) in [5.41, 5.74) is 0.743. The fraction of sp³-hybridized carbons (Fsp3) is 0.417. The molecule has 94 valence electrons. The molecule has 0 aliphatic rings. The Morgan fingerprint density at radius 3 is 2.53 bits per heavy atom. The second-order valence-corrected chi connectivity index (χ2v) is 5.83. The average Bonchev–Trinajstić information content (AvgIpc) is 2.28. The Morgan fingerprint density at radius 2 is 2.06 bits per heavy atom. The average molecular weight is 365 g/mol. The monoisotopic (exact) mass is 363 g/mol. The molecule has 1 N–H and O–H groups in total. The van der Waals surface area contributed by atoms with Crippen LogP contribution in [0.2, 0.25) is 0 Å². The van der Waals surface area contributed by atoms with Crippen molar-refractivity contribution in [1.29, 1.82) is 0 Å². The van der Waals surface area contributed by atoms with Gasteiger partial charge in [0.05, 0.1) is 16.4 Å². The lowest BCUT2D eigenvalue weighted by molar-refractivity contribution is -0.116. The zero-order valence-electron chi connectivity index (χ0n) is 9.96. The van der Waals surface area contributed by atoms with Gasteiger partial charge in [-0.05, 0) is 40.0 Å². The summed E-state index contributed by atoms with van der Waals surface area (Å²) >= 11 is 6.74. The molecule has 1 unspecified atom stereocenters. The van der Waals surface area contributed by atoms with Crippen molar-refractivity contribution in [3.05, 3.63) is 22.7 Å². The third-order valence-electron chi connectivity index (χ3n) is 2.26. The lowest BCUT2D eigenvalue weighted by Gasteiger charge is -2.14. The van der Waals surface area contributed by atoms with Gasteiger partial charge in [0.2, 0.25) is 5.91 Å². The van der Waals surface area contributed by atoms with Gasteiger partial charge in [-0.25, -0.2) is 0 Å². The molecule has 17 heavy (non-hydrogen) atoms. The van der Waals surface area contributed by atoms with Gasteiger partial charge < -0.3 is 10.1 Å². The minimum Gasteiger partial charge on any atom is -0.496 e. The maximum absolute atomic E-state index is 11.8. The minimum absolute atomic E-state index is 0.0444. The van der Waals surface area contributed by atoms with Crippen molar-refractivity contribution >= 4 is 43.5 Å². The highest BCUT2D eigenvalue weighted by Gasteiger charge is 2.18. The molecular weight excluding hydrogens is 350 g/mol. The molecule has 0 aliphatic carbocycles. The van der Waals surface area contributed by atoms with Gasteiger partial charge in [0.25, 0.3) is 0 Å². The lowest BCUT2D eigenvalue weighted by Crippen LogP contribution is -2.26. The number of ether oxygens (including phenoxy) is 1. The third kappa shape index (κ3) is 4.00. The molecule has 0 fully saturated rings. The van der Waals surface area contributed by atoms with Crippen LogP contribution in [0, 0.1) is 5.92 Å². The molecule has 3 nitrogen and oxygen atoms in total. The molecule has 0 spiro atoms. The molecule has 1 aromatic carbocycles. The largest absolute Gasteiger partial charge is 0.496 e. The standard InChI is InChI=1S/C12H15Br2NO2/c1-7(2)11(14)12(16)15-8-4-5-10(17-3)9(13)6-8/h4-7,11H,1-3H3,(H,15,16). The first-order chi connectivity index (χ1) is 7.95. The van der Waals surface area contributed by atoms with Crippen molar-refractivity contribution in [2.75, 3.05) is 12.4 Å². The van der Waals surface area contributed by atoms with Gasteiger partial charge in [-0.3, -0.25) is 4.79 Å². The summed E-state index contributed by atoms with van der Waals surface area (Å²) in [6.07, 6.45) is 0. The first-order valence-electron chi connectivity index (χ1n) is 5.24. The molecule has 0 aromatic heterocycles. The lowest BCUT2D eigenvalue weighted by atomic mass is 10.1. The number of anilines is 1. The van der Waals surface area contributed by atoms with E-state index < -0.39 is 0 Å². The van der Waals surface area contributed by atoms with E-state index in [4.69, 9.17) is 4.74 Å². The Morgan fingerprint density at radius 1 is 1.41 bits per heavy atom. The molecule has 5 heteroatoms. The molecule has 1 amide bonds. The second-order valence-electron chi connectivity index (χ2n) is 3.98. The van der Waals surface area contributed by atoms with Crippen molar-refractivity contribution in [3.63, 3.8) is 0 Å². The van der Waals surface area contributed by atoms with E-state index in [-0.39, 0.29) is 16.7 Å². The summed E-state index contributed by atoms with van der Waals surface area (Å²) in [7, 11) is 1.60. The van der Waals surface area contributed by atoms with Crippen molar-refractivity contribution in [1.82, 2.24) is 0 Å². The summed E-state index contributed by atoms with van der Waals surface area (Å²) in [4.78, 5) is 11.6. The van der Waals surface area contributed by atoms with Crippen molar-refractivity contribution in [2.45, 2.75) is 18.7 Å². The maximum Gasteiger partial charge on any atom is 0.238 e. The topological polar surface area (TPSA) is 38.3 Å². The zero-order chi connectivity index (χ0) is 13.0. The van der Waals surface area contributed by atoms with Crippen LogP contribution in [-0.2, 0) is 4.79 Å². The quantitative estimate of drug-likeness (QED) is 0.825. The molecule has 1 rings (SSSR count). The van der Waals surface area contributed by atoms with Crippen LogP contribution in [0.3, 0.4) is 0 Å². The normalized spacial score (nSPS) is 12.4. The summed E-state index contributed by atoms with van der Waals surface area (Å²) in [6, 6.07) is 5.43. The van der Waals surface area contributed by atoms with Gasteiger partial charge in [-0.1, -0.05) is 29.8 Å². The van der Waals surface area contributed by atoms with Crippen LogP contribution >= 0.6 is 31.9 Å². The van der Waals surface area contributed by atoms with Crippen LogP contribution in [-0.4, -0.2) is 17.8 Å². The fourth-order valence-electron chi connectivity index (χ4n) is 1.26. The molecule has 0 saturated heterocycles. The van der Waals surface area contributed by atoms with E-state index >= 15 is 0 Å². The molecule has 0 heterocycles. The van der Waals surface area contributed by atoms with Gasteiger partial charge in [0, 0.05) is 5.69 Å². The number of carbonyl (C=O) groups excluding carboxylic acids is 1. The van der Waals surface area contributed by atoms with Crippen molar-refractivity contribution in [2.24, 2.45) is 5.92 Å². The number of methoxy groups -OCH3 is 1. The predicted molar refractivity (Wildman–Crippen MR) is 76.9 cm³/mol. The van der Waals surface area contributed by atoms with Gasteiger partial charge in [-0.2, -0.15) is 0 Å². The summed E-state index contributed by atoms with van der Waals surface area (Å²) in [5.74, 6) is 0.941. The van der Waals surface area contributed by atoms with E-state index in [2.05, 4.69) is 37.2 Å². The molecule has 0 saturated carbocycles. The Kier molecular flexibility index (Phi) is 5.46. The highest BCUT2D eigenvalue weighted by Crippen LogP contribution is 2.28. The number of rotatable bonds is 4. The van der Waals surface area contributed by atoms with Crippen LogP contribution in [0.15, 0.2) is 22.7 Å². The smallest absolute Gasteiger partial charge is 0.238 e. The highest BCUT2D eigenvalue weighted by molar-refractivity contribution is 9.10. The van der Waals surface area contributed by atoms with Gasteiger partial charge in [0.15, 0.2) is 0 Å². The van der Waals surface area contributed by atoms with Crippen LogP contribution < -0.4 is 10.1 Å². The second kappa shape index (κ2) is 6.40. The van der Waals surface area contributed by atoms with Crippen molar-refractivity contribution in [3.8, 4) is 5.75 Å². The van der Waals surface area contributed by atoms with Crippen LogP contribution in [0.5, 0.6) is 5.75 Å². The van der Waals surface area contributed by atoms with Gasteiger partial charge in [-0.15, -0.1) is 0 Å². The molecule has 1 aromatic rings. The van der Waals surface area contributed by atoms with Crippen LogP contribution in [0.25, 0.3) is 0 Å². The van der Waals surface area contributed by atoms with E-state index in [1.165, 1.54) is 0 Å². The molecule has 0 aliphatic heterocycles. The summed E-state index contributed by atoms with van der Waals surface area (Å²) in [6.45, 7) is 3.98. The first-order valence-corrected chi connectivity index (χ1v) is 6.95. The maximum atomic E-state index is 11.8. The number of alkyl halides is 1. The SMILES string of the molecule is COc1ccc(NC(=O)C(Br)C(C)C)cc1Br. The number of carbonyl (C=O) groups is 1. The molecule has 0 radical (unpaired) electrons. The van der Waals surface area contributed by atoms with Crippen molar-refractivity contribution < 1.29 is 9.53 Å². The number of amides is 1. The van der Waals surface area contributed by atoms with E-state index in [0.717, 1.165) is 15.9 Å². The number of nitrogens with one attached hydrogen (secondary N) is 1. The van der Waals surface area contributed by atoms with E-state index in [1.54, 1.807) is 13.2 Å². The van der Waals surface area contributed by atoms with Crippen LogP contribution in [0.1, 0.15) is 13.8 Å². The predicted octanol–water partition coefficient (Wildman–Crippen LogP) is 3.82. The molecule has 0 bridgehead atoms. The molecule has 1 atom stereocenters. The Bertz CT molecular complexity index is 407. The summed E-state index contributed by atoms with van der Waals surface area (Å²) < 4.78 is 5.94. The van der Waals surface area contributed by atoms with E-state index in [1.807, 2.05) is 26.0 Å². The highest BCUT2D eigenvalue weighted by atomic mass is 79.9. The number of halogens is 2. The zero-order valence-corrected chi connectivity index (χ0v) is 13.1. The van der Waals surface area contributed by atoms with Gasteiger partial charge in [0.1, 0.15) is 5.75 Å². The van der Waals surface area contributed by atoms with E-state index in [0.29, 0.717) is 0 Å².